The summed E-state index contributed by atoms with van der Waals surface area (Å²) in [4.78, 5) is 28.5. The molecule has 1 aliphatic rings. The van der Waals surface area contributed by atoms with Gasteiger partial charge < -0.3 is 5.32 Å². The molecule has 4 rings (SSSR count). The number of carbonyl (C=O) groups excluding carboxylic acids is 2. The highest BCUT2D eigenvalue weighted by atomic mass is 19.4. The Morgan fingerprint density at radius 3 is 2.52 bits per heavy atom. The normalized spacial score (nSPS) is 18.6. The van der Waals surface area contributed by atoms with Crippen LogP contribution in [0.1, 0.15) is 13.3 Å². The molecule has 3 aromatic rings. The summed E-state index contributed by atoms with van der Waals surface area (Å²) in [5.74, 6) is -3.18. The number of halogens is 4. The van der Waals surface area contributed by atoms with Crippen LogP contribution in [0, 0.1) is 5.82 Å². The van der Waals surface area contributed by atoms with E-state index in [0.717, 1.165) is 0 Å². The first-order chi connectivity index (χ1) is 13.7. The minimum Gasteiger partial charge on any atom is -0.317 e. The average Bonchev–Trinajstić information content (AvgIpc) is 3.16. The fourth-order valence-electron chi connectivity index (χ4n) is 3.41. The first kappa shape index (κ1) is 18.9. The number of para-hydroxylation sites is 1. The summed E-state index contributed by atoms with van der Waals surface area (Å²) >= 11 is 0. The van der Waals surface area contributed by atoms with Crippen LogP contribution >= 0.6 is 0 Å². The number of benzene rings is 2. The third-order valence-corrected chi connectivity index (χ3v) is 4.78. The van der Waals surface area contributed by atoms with E-state index in [2.05, 4.69) is 10.3 Å². The fourth-order valence-corrected chi connectivity index (χ4v) is 3.41. The number of amides is 2. The monoisotopic (exact) mass is 406 g/mol. The number of imidazole rings is 1. The lowest BCUT2D eigenvalue weighted by molar-refractivity contribution is -0.217. The third-order valence-electron chi connectivity index (χ3n) is 4.78. The molecule has 6 nitrogen and oxygen atoms in total. The van der Waals surface area contributed by atoms with Gasteiger partial charge in [-0.1, -0.05) is 31.2 Å². The van der Waals surface area contributed by atoms with E-state index in [9.17, 15) is 27.2 Å². The van der Waals surface area contributed by atoms with Gasteiger partial charge in [0, 0.05) is 12.0 Å². The van der Waals surface area contributed by atoms with Crippen molar-refractivity contribution in [1.82, 2.24) is 14.9 Å². The predicted octanol–water partition coefficient (Wildman–Crippen LogP) is 3.54. The largest absolute Gasteiger partial charge is 0.440 e. The Labute approximate surface area is 161 Å². The summed E-state index contributed by atoms with van der Waals surface area (Å²) < 4.78 is 56.4. The van der Waals surface area contributed by atoms with Crippen molar-refractivity contribution in [2.75, 3.05) is 5.32 Å². The highest BCUT2D eigenvalue weighted by Crippen LogP contribution is 2.45. The van der Waals surface area contributed by atoms with E-state index in [4.69, 9.17) is 0 Å². The molecule has 0 saturated carbocycles. The van der Waals surface area contributed by atoms with Crippen molar-refractivity contribution in [3.8, 4) is 11.1 Å². The maximum atomic E-state index is 14.1. The Morgan fingerprint density at radius 1 is 1.21 bits per heavy atom. The molecule has 0 spiro atoms. The Morgan fingerprint density at radius 2 is 1.90 bits per heavy atom. The maximum absolute atomic E-state index is 14.1. The Bertz CT molecular complexity index is 1140. The van der Waals surface area contributed by atoms with Crippen molar-refractivity contribution in [3.63, 3.8) is 0 Å². The van der Waals surface area contributed by atoms with Crippen LogP contribution in [-0.4, -0.2) is 27.5 Å². The van der Waals surface area contributed by atoms with Crippen molar-refractivity contribution in [2.45, 2.75) is 25.2 Å². The van der Waals surface area contributed by atoms with E-state index < -0.39 is 29.5 Å². The number of hydrogen-bond donors (Lipinski definition) is 2. The molecule has 10 heteroatoms. The fraction of sp³-hybridized carbons (Fsp3) is 0.211. The van der Waals surface area contributed by atoms with E-state index in [1.807, 2.05) is 5.32 Å². The summed E-state index contributed by atoms with van der Waals surface area (Å²) in [6, 6.07) is 9.90. The van der Waals surface area contributed by atoms with Gasteiger partial charge in [0.25, 0.3) is 11.6 Å². The number of carbonyl (C=O) groups is 2. The zero-order chi connectivity index (χ0) is 21.0. The third kappa shape index (κ3) is 2.66. The highest BCUT2D eigenvalue weighted by Gasteiger charge is 2.67. The Balaban J connectivity index is 1.99. The summed E-state index contributed by atoms with van der Waals surface area (Å²) in [5, 5.41) is 3.95. The van der Waals surface area contributed by atoms with Gasteiger partial charge in [0.15, 0.2) is 0 Å². The molecule has 0 radical (unpaired) electrons. The molecule has 0 aliphatic carbocycles. The van der Waals surface area contributed by atoms with Crippen LogP contribution in [0.25, 0.3) is 22.2 Å². The van der Waals surface area contributed by atoms with Crippen LogP contribution in [0.15, 0.2) is 42.5 Å². The lowest BCUT2D eigenvalue weighted by atomic mass is 10.0. The van der Waals surface area contributed by atoms with Crippen LogP contribution in [-0.2, 0) is 15.3 Å². The van der Waals surface area contributed by atoms with Crippen LogP contribution < -0.4 is 10.6 Å². The standard InChI is InChI=1S/C19H14F4N4O2/c1-2-14(28)26-18(19(21,22)23)16(29)25-17-24-15-12(4-3-5-13(15)27(17)18)10-6-8-11(20)9-7-10/h3-9H,2H2,1H3,(H,26,28)(H,24,25,29). The zero-order valence-corrected chi connectivity index (χ0v) is 15.0. The van der Waals surface area contributed by atoms with Gasteiger partial charge in [-0.2, -0.15) is 13.2 Å². The lowest BCUT2D eigenvalue weighted by Crippen LogP contribution is -2.63. The number of nitrogens with one attached hydrogen (secondary N) is 2. The number of fused-ring (bicyclic) bond motifs is 3. The van der Waals surface area contributed by atoms with E-state index in [1.54, 1.807) is 6.07 Å². The first-order valence-electron chi connectivity index (χ1n) is 8.66. The molecule has 1 unspecified atom stereocenters. The van der Waals surface area contributed by atoms with Crippen LogP contribution in [0.2, 0.25) is 0 Å². The van der Waals surface area contributed by atoms with Gasteiger partial charge >= 0.3 is 6.18 Å². The summed E-state index contributed by atoms with van der Waals surface area (Å²) in [6.07, 6.45) is -5.37. The van der Waals surface area contributed by atoms with Crippen molar-refractivity contribution in [1.29, 1.82) is 0 Å². The zero-order valence-electron chi connectivity index (χ0n) is 15.0. The first-order valence-corrected chi connectivity index (χ1v) is 8.66. The second-order valence-corrected chi connectivity index (χ2v) is 6.52. The van der Waals surface area contributed by atoms with Crippen LogP contribution in [0.5, 0.6) is 0 Å². The van der Waals surface area contributed by atoms with E-state index >= 15 is 0 Å². The molecular weight excluding hydrogens is 392 g/mol. The molecule has 2 aromatic carbocycles. The molecule has 2 heterocycles. The molecular formula is C19H14F4N4O2. The molecule has 0 fully saturated rings. The molecule has 1 atom stereocenters. The minimum absolute atomic E-state index is 0.00565. The highest BCUT2D eigenvalue weighted by molar-refractivity contribution is 6.06. The van der Waals surface area contributed by atoms with Crippen molar-refractivity contribution < 1.29 is 27.2 Å². The molecule has 0 bridgehead atoms. The van der Waals surface area contributed by atoms with Gasteiger partial charge in [0.1, 0.15) is 5.82 Å². The summed E-state index contributed by atoms with van der Waals surface area (Å²) in [5.41, 5.74) is -2.15. The molecule has 0 saturated heterocycles. The SMILES string of the molecule is CCC(=O)NC1(C(F)(F)F)C(=O)Nc2nc3c(-c4ccc(F)cc4)cccc3n21. The van der Waals surface area contributed by atoms with Crippen molar-refractivity contribution >= 4 is 28.8 Å². The number of hydrogen-bond acceptors (Lipinski definition) is 3. The summed E-state index contributed by atoms with van der Waals surface area (Å²) in [7, 11) is 0. The second-order valence-electron chi connectivity index (χ2n) is 6.52. The van der Waals surface area contributed by atoms with Gasteiger partial charge in [-0.15, -0.1) is 0 Å². The molecule has 2 amide bonds. The average molecular weight is 406 g/mol. The Kier molecular flexibility index (Phi) is 4.10. The van der Waals surface area contributed by atoms with Gasteiger partial charge in [-0.3, -0.25) is 19.5 Å². The number of alkyl halides is 3. The van der Waals surface area contributed by atoms with Crippen molar-refractivity contribution in [3.05, 3.63) is 48.3 Å². The number of aromatic nitrogens is 2. The van der Waals surface area contributed by atoms with Gasteiger partial charge in [-0.05, 0) is 23.8 Å². The predicted molar refractivity (Wildman–Crippen MR) is 96.2 cm³/mol. The van der Waals surface area contributed by atoms with Gasteiger partial charge in [0.2, 0.25) is 11.9 Å². The quantitative estimate of drug-likeness (QED) is 0.654. The second kappa shape index (κ2) is 6.29. The number of nitrogens with zero attached hydrogens (tertiary/aromatic N) is 2. The Hall–Kier alpha value is -3.43. The maximum Gasteiger partial charge on any atom is 0.440 e. The number of rotatable bonds is 3. The molecule has 1 aromatic heterocycles. The van der Waals surface area contributed by atoms with Gasteiger partial charge in [-0.25, -0.2) is 9.37 Å². The minimum atomic E-state index is -5.13. The van der Waals surface area contributed by atoms with E-state index in [1.165, 1.54) is 43.3 Å². The van der Waals surface area contributed by atoms with E-state index in [-0.39, 0.29) is 23.4 Å². The topological polar surface area (TPSA) is 76.0 Å². The summed E-state index contributed by atoms with van der Waals surface area (Å²) in [6.45, 7) is 1.38. The molecule has 1 aliphatic heterocycles. The molecule has 2 N–H and O–H groups in total. The molecule has 29 heavy (non-hydrogen) atoms. The lowest BCUT2D eigenvalue weighted by Gasteiger charge is -2.31. The molecule has 150 valence electrons. The van der Waals surface area contributed by atoms with Gasteiger partial charge in [0.05, 0.1) is 11.0 Å². The van der Waals surface area contributed by atoms with Crippen LogP contribution in [0.3, 0.4) is 0 Å². The van der Waals surface area contributed by atoms with E-state index in [0.29, 0.717) is 15.7 Å². The number of anilines is 1. The smallest absolute Gasteiger partial charge is 0.317 e. The van der Waals surface area contributed by atoms with Crippen molar-refractivity contribution in [2.24, 2.45) is 0 Å². The van der Waals surface area contributed by atoms with Crippen LogP contribution in [0.4, 0.5) is 23.5 Å².